The van der Waals surface area contributed by atoms with Gasteiger partial charge in [-0.15, -0.1) is 0 Å². The molecule has 28 heavy (non-hydrogen) atoms. The van der Waals surface area contributed by atoms with Crippen LogP contribution < -0.4 is 9.80 Å². The van der Waals surface area contributed by atoms with E-state index >= 15 is 0 Å². The number of nitrogens with one attached hydrogen (secondary N) is 1. The van der Waals surface area contributed by atoms with Crippen LogP contribution in [0.25, 0.3) is 0 Å². The van der Waals surface area contributed by atoms with E-state index in [0.717, 1.165) is 25.2 Å². The molecule has 6 nitrogen and oxygen atoms in total. The Morgan fingerprint density at radius 2 is 2.14 bits per heavy atom. The number of aliphatic hydroxyl groups excluding tert-OH is 1. The maximum Gasteiger partial charge on any atom is 0.342 e. The number of fused-ring (bicyclic) bond motifs is 1. The number of anilines is 1. The van der Waals surface area contributed by atoms with E-state index in [0.29, 0.717) is 6.42 Å². The van der Waals surface area contributed by atoms with E-state index in [4.69, 9.17) is 4.74 Å². The van der Waals surface area contributed by atoms with Crippen LogP contribution in [0.1, 0.15) is 25.3 Å². The van der Waals surface area contributed by atoms with Crippen molar-refractivity contribution in [2.24, 2.45) is 5.41 Å². The average molecular weight is 385 g/mol. The number of para-hydroxylation sites is 1. The van der Waals surface area contributed by atoms with Crippen molar-refractivity contribution >= 4 is 11.7 Å². The zero-order chi connectivity index (χ0) is 19.9. The molecule has 3 N–H and O–H groups in total. The smallest absolute Gasteiger partial charge is 0.342 e. The molecule has 1 aromatic rings. The summed E-state index contributed by atoms with van der Waals surface area (Å²) in [5.41, 5.74) is -0.882. The van der Waals surface area contributed by atoms with Crippen molar-refractivity contribution in [1.82, 2.24) is 0 Å². The van der Waals surface area contributed by atoms with Gasteiger partial charge in [0.25, 0.3) is 0 Å². The number of likely N-dealkylation sites (N-methyl/N-ethyl adjacent to an activating group) is 1. The average Bonchev–Trinajstić information content (AvgIpc) is 3.24. The lowest BCUT2D eigenvalue weighted by Gasteiger charge is -2.60. The van der Waals surface area contributed by atoms with E-state index in [1.165, 1.54) is 17.6 Å². The summed E-state index contributed by atoms with van der Waals surface area (Å²) in [6.45, 7) is 3.92. The van der Waals surface area contributed by atoms with Gasteiger partial charge in [0.1, 0.15) is 12.1 Å². The summed E-state index contributed by atoms with van der Waals surface area (Å²) in [7, 11) is 3.21. The minimum atomic E-state index is -2.01. The van der Waals surface area contributed by atoms with Crippen LogP contribution in [-0.4, -0.2) is 67.2 Å². The number of hydrogen-bond acceptors (Lipinski definition) is 5. The normalized spacial score (nSPS) is 45.4. The quantitative estimate of drug-likeness (QED) is 0.479. The highest BCUT2D eigenvalue weighted by Crippen LogP contribution is 2.63. The van der Waals surface area contributed by atoms with Crippen molar-refractivity contribution in [3.8, 4) is 0 Å². The first-order valence-corrected chi connectivity index (χ1v) is 10.2. The third kappa shape index (κ3) is 1.70. The summed E-state index contributed by atoms with van der Waals surface area (Å²) in [6.07, 6.45) is 4.47. The van der Waals surface area contributed by atoms with E-state index in [1.54, 1.807) is 0 Å². The number of methoxy groups -OCH3 is 1. The van der Waals surface area contributed by atoms with Crippen LogP contribution in [-0.2, 0) is 14.9 Å². The zero-order valence-corrected chi connectivity index (χ0v) is 16.7. The molecule has 0 bridgehead atoms. The lowest BCUT2D eigenvalue weighted by atomic mass is 9.48. The highest BCUT2D eigenvalue weighted by molar-refractivity contribution is 5.85. The fraction of sp³-hybridized carbons (Fsp3) is 0.591. The second kappa shape index (κ2) is 5.59. The first-order valence-electron chi connectivity index (χ1n) is 10.2. The first-order chi connectivity index (χ1) is 13.4. The van der Waals surface area contributed by atoms with Gasteiger partial charge in [0.15, 0.2) is 0 Å². The lowest BCUT2D eigenvalue weighted by molar-refractivity contribution is -0.920. The van der Waals surface area contributed by atoms with Crippen LogP contribution in [0.4, 0.5) is 5.69 Å². The van der Waals surface area contributed by atoms with Gasteiger partial charge >= 0.3 is 5.97 Å². The molecule has 150 valence electrons. The molecule has 1 saturated heterocycles. The fourth-order valence-electron chi connectivity index (χ4n) is 7.42. The van der Waals surface area contributed by atoms with Gasteiger partial charge in [-0.2, -0.15) is 0 Å². The molecule has 7 atom stereocenters. The van der Waals surface area contributed by atoms with Crippen LogP contribution >= 0.6 is 0 Å². The van der Waals surface area contributed by atoms with Crippen molar-refractivity contribution in [1.29, 1.82) is 0 Å². The maximum absolute atomic E-state index is 13.1. The van der Waals surface area contributed by atoms with E-state index in [9.17, 15) is 15.0 Å². The number of nitrogens with zero attached hydrogens (tertiary/aromatic N) is 1. The summed E-state index contributed by atoms with van der Waals surface area (Å²) in [5.74, 6) is -0.747. The first kappa shape index (κ1) is 18.2. The summed E-state index contributed by atoms with van der Waals surface area (Å²) in [6, 6.07) is 7.76. The van der Waals surface area contributed by atoms with Crippen LogP contribution in [0.5, 0.6) is 0 Å². The fourth-order valence-corrected chi connectivity index (χ4v) is 7.42. The largest absolute Gasteiger partial charge is 0.467 e. The Morgan fingerprint density at radius 3 is 2.86 bits per heavy atom. The van der Waals surface area contributed by atoms with Gasteiger partial charge in [0.05, 0.1) is 37.1 Å². The molecule has 2 fully saturated rings. The molecule has 5 rings (SSSR count). The van der Waals surface area contributed by atoms with E-state index in [-0.39, 0.29) is 6.04 Å². The predicted molar refractivity (Wildman–Crippen MR) is 104 cm³/mol. The van der Waals surface area contributed by atoms with Gasteiger partial charge in [0.2, 0.25) is 5.60 Å². The van der Waals surface area contributed by atoms with Crippen LogP contribution in [0, 0.1) is 5.41 Å². The number of benzene rings is 1. The molecule has 2 unspecified atom stereocenters. The zero-order valence-electron chi connectivity index (χ0n) is 16.7. The Kier molecular flexibility index (Phi) is 3.62. The number of hydrogen-bond donors (Lipinski definition) is 3. The van der Waals surface area contributed by atoms with Gasteiger partial charge in [-0.1, -0.05) is 31.2 Å². The van der Waals surface area contributed by atoms with E-state index < -0.39 is 34.5 Å². The van der Waals surface area contributed by atoms with Crippen molar-refractivity contribution in [3.63, 3.8) is 0 Å². The Labute approximate surface area is 165 Å². The molecule has 0 radical (unpaired) electrons. The highest BCUT2D eigenvalue weighted by Gasteiger charge is 2.81. The van der Waals surface area contributed by atoms with Gasteiger partial charge in [-0.05, 0) is 24.1 Å². The maximum atomic E-state index is 13.1. The van der Waals surface area contributed by atoms with Crippen LogP contribution in [0.15, 0.2) is 36.4 Å². The Bertz CT molecular complexity index is 872. The highest BCUT2D eigenvalue weighted by atomic mass is 16.5. The summed E-state index contributed by atoms with van der Waals surface area (Å²) in [5, 5.41) is 23.6. The third-order valence-corrected chi connectivity index (χ3v) is 8.26. The Morgan fingerprint density at radius 1 is 1.39 bits per heavy atom. The number of esters is 1. The Balaban J connectivity index is 1.87. The number of carbonyl (C=O) groups excluding carboxylic acids is 1. The standard InChI is InChI=1S/C22H28N2O4/c1-4-20-10-7-12-24-13-11-21(16(20)24)14-8-5-6-9-15(14)23(2)17(21)22(27,18(20)25)19(26)28-3/h5-10,16-18,25,27H,4,11-13H2,1-3H3/p+1/t16-,17?,18+,20+,21+,22-/m0/s1. The van der Waals surface area contributed by atoms with Crippen molar-refractivity contribution in [3.05, 3.63) is 42.0 Å². The number of carbonyl (C=O) groups is 1. The van der Waals surface area contributed by atoms with Crippen molar-refractivity contribution < 1.29 is 24.6 Å². The monoisotopic (exact) mass is 385 g/mol. The molecule has 1 spiro atoms. The molecule has 3 aliphatic heterocycles. The molecule has 0 amide bonds. The molecule has 0 aromatic heterocycles. The molecule has 6 heteroatoms. The molecule has 3 heterocycles. The van der Waals surface area contributed by atoms with Crippen LogP contribution in [0.3, 0.4) is 0 Å². The van der Waals surface area contributed by atoms with Gasteiger partial charge in [0, 0.05) is 19.2 Å². The topological polar surface area (TPSA) is 74.4 Å². The number of ether oxygens (including phenoxy) is 1. The van der Waals surface area contributed by atoms with Gasteiger partial charge in [-0.3, -0.25) is 0 Å². The molecular formula is C22H29N2O4+. The van der Waals surface area contributed by atoms with E-state index in [2.05, 4.69) is 24.3 Å². The van der Waals surface area contributed by atoms with Crippen molar-refractivity contribution in [2.45, 2.75) is 49.0 Å². The van der Waals surface area contributed by atoms with E-state index in [1.807, 2.05) is 31.0 Å². The van der Waals surface area contributed by atoms with Crippen molar-refractivity contribution in [2.75, 3.05) is 32.1 Å². The molecule has 1 aliphatic carbocycles. The molecule has 1 aromatic carbocycles. The Hall–Kier alpha value is -1.89. The molecular weight excluding hydrogens is 356 g/mol. The predicted octanol–water partition coefficient (Wildman–Crippen LogP) is -0.355. The number of rotatable bonds is 2. The summed E-state index contributed by atoms with van der Waals surface area (Å²) >= 11 is 0. The third-order valence-electron chi connectivity index (χ3n) is 8.26. The number of aliphatic hydroxyl groups is 2. The SMILES string of the molecule is CC[C@]12C=CC[NH+]3CC[C@@]4(c5ccccc5N(C)C4[C@@](O)(C(=O)OC)[C@@H]1O)[C@@H]32. The lowest BCUT2D eigenvalue weighted by Crippen LogP contribution is -3.18. The summed E-state index contributed by atoms with van der Waals surface area (Å²) < 4.78 is 5.08. The van der Waals surface area contributed by atoms with Crippen LogP contribution in [0.2, 0.25) is 0 Å². The molecule has 1 saturated carbocycles. The minimum absolute atomic E-state index is 0.103. The number of quaternary nitrogens is 1. The minimum Gasteiger partial charge on any atom is -0.467 e. The van der Waals surface area contributed by atoms with Gasteiger partial charge < -0.3 is 24.7 Å². The second-order valence-electron chi connectivity index (χ2n) is 8.95. The summed E-state index contributed by atoms with van der Waals surface area (Å²) in [4.78, 5) is 16.5. The second-order valence-corrected chi connectivity index (χ2v) is 8.95. The van der Waals surface area contributed by atoms with Gasteiger partial charge in [-0.25, -0.2) is 4.79 Å². The molecule has 4 aliphatic rings.